The first-order chi connectivity index (χ1) is 29.0. The fraction of sp³-hybridized carbons (Fsp3) is 0.0588. The van der Waals surface area contributed by atoms with Crippen molar-refractivity contribution >= 4 is 38.9 Å². The highest BCUT2D eigenvalue weighted by Crippen LogP contribution is 2.50. The van der Waals surface area contributed by atoms with E-state index in [-0.39, 0.29) is 63.0 Å². The Morgan fingerprint density at radius 3 is 1.77 bits per heavy atom. The molecule has 53 heavy (non-hydrogen) atoms. The van der Waals surface area contributed by atoms with Gasteiger partial charge in [0.1, 0.15) is 0 Å². The molecule has 0 aliphatic heterocycles. The SMILES string of the molecule is [2H]c1c([2H])c([2H])c2c(c1[2H])c1c([2H])c(-c3ccc(N(c4ccc(-c5ccccc5)cc4)c4ccc5c(c4)C(C)(C)c4ccccc4-5)cc3)c([2H])c([2H])c1n2-c1ccccc1. The minimum absolute atomic E-state index is 0.0720. The van der Waals surface area contributed by atoms with E-state index in [9.17, 15) is 4.11 Å². The molecule has 0 radical (unpaired) electrons. The van der Waals surface area contributed by atoms with E-state index in [0.717, 1.165) is 28.2 Å². The molecule has 2 heteroatoms. The molecule has 0 saturated heterocycles. The number of anilines is 3. The lowest BCUT2D eigenvalue weighted by atomic mass is 9.82. The fourth-order valence-corrected chi connectivity index (χ4v) is 7.98. The van der Waals surface area contributed by atoms with E-state index in [0.29, 0.717) is 11.3 Å². The zero-order valence-corrected chi connectivity index (χ0v) is 29.3. The van der Waals surface area contributed by atoms with Crippen LogP contribution in [0.5, 0.6) is 0 Å². The van der Waals surface area contributed by atoms with E-state index in [1.54, 1.807) is 16.7 Å². The monoisotopic (exact) mass is 685 g/mol. The normalized spacial score (nSPS) is 14.7. The summed E-state index contributed by atoms with van der Waals surface area (Å²) in [6.07, 6.45) is 0. The summed E-state index contributed by atoms with van der Waals surface area (Å²) in [7, 11) is 0. The van der Waals surface area contributed by atoms with Crippen LogP contribution in [0.25, 0.3) is 60.9 Å². The summed E-state index contributed by atoms with van der Waals surface area (Å²) in [4.78, 5) is 2.21. The highest BCUT2D eigenvalue weighted by atomic mass is 15.1. The molecule has 1 aliphatic rings. The van der Waals surface area contributed by atoms with Gasteiger partial charge in [0.15, 0.2) is 0 Å². The standard InChI is InChI=1S/C51H38N2/c1-51(2)47-19-11-9-17-43(47)44-31-30-42(34-48(44)51)52(40-26-21-36(22-27-40)35-13-5-3-6-14-35)41-28-23-37(24-29-41)38-25-32-50-46(33-38)45-18-10-12-20-49(45)53(50)39-15-7-4-8-16-39/h3-34H,1-2H3/i10D,12D,18D,20D,25D,32D,33D. The number of aromatic nitrogens is 1. The Labute approximate surface area is 320 Å². The molecule has 0 amide bonds. The van der Waals surface area contributed by atoms with Crippen molar-refractivity contribution < 1.29 is 9.60 Å². The highest BCUT2D eigenvalue weighted by molar-refractivity contribution is 6.10. The lowest BCUT2D eigenvalue weighted by Crippen LogP contribution is -2.16. The van der Waals surface area contributed by atoms with Crippen molar-refractivity contribution in [3.63, 3.8) is 0 Å². The van der Waals surface area contributed by atoms with Gasteiger partial charge in [-0.05, 0) is 111 Å². The van der Waals surface area contributed by atoms with Crippen LogP contribution in [0.2, 0.25) is 0 Å². The molecule has 2 nitrogen and oxygen atoms in total. The predicted molar refractivity (Wildman–Crippen MR) is 224 cm³/mol. The Kier molecular flexibility index (Phi) is 5.67. The molecular weight excluding hydrogens is 641 g/mol. The summed E-state index contributed by atoms with van der Waals surface area (Å²) in [5.41, 5.74) is 11.5. The Hall–Kier alpha value is -6.64. The number of benzene rings is 8. The van der Waals surface area contributed by atoms with Crippen LogP contribution >= 0.6 is 0 Å². The molecule has 0 bridgehead atoms. The van der Waals surface area contributed by atoms with Crippen molar-refractivity contribution in [1.29, 1.82) is 0 Å². The van der Waals surface area contributed by atoms with Gasteiger partial charge >= 0.3 is 0 Å². The van der Waals surface area contributed by atoms with Gasteiger partial charge < -0.3 is 9.47 Å². The van der Waals surface area contributed by atoms with Crippen molar-refractivity contribution in [2.45, 2.75) is 19.3 Å². The van der Waals surface area contributed by atoms with Crippen LogP contribution in [0.1, 0.15) is 34.6 Å². The van der Waals surface area contributed by atoms with Crippen molar-refractivity contribution in [1.82, 2.24) is 4.57 Å². The van der Waals surface area contributed by atoms with E-state index >= 15 is 0 Å². The molecule has 1 aromatic heterocycles. The van der Waals surface area contributed by atoms with E-state index in [1.165, 1.54) is 22.3 Å². The van der Waals surface area contributed by atoms with Gasteiger partial charge in [0.25, 0.3) is 0 Å². The molecule has 8 aromatic carbocycles. The molecule has 0 atom stereocenters. The molecule has 10 rings (SSSR count). The summed E-state index contributed by atoms with van der Waals surface area (Å²) in [5.74, 6) is 0. The number of fused-ring (bicyclic) bond motifs is 6. The molecule has 252 valence electrons. The van der Waals surface area contributed by atoms with Crippen molar-refractivity contribution in [2.24, 2.45) is 0 Å². The average molecular weight is 686 g/mol. The maximum atomic E-state index is 9.65. The quantitative estimate of drug-likeness (QED) is 0.169. The van der Waals surface area contributed by atoms with E-state index in [4.69, 9.17) is 5.48 Å². The fourth-order valence-electron chi connectivity index (χ4n) is 7.98. The van der Waals surface area contributed by atoms with Gasteiger partial charge in [-0.25, -0.2) is 0 Å². The van der Waals surface area contributed by atoms with Gasteiger partial charge in [-0.1, -0.05) is 141 Å². The lowest BCUT2D eigenvalue weighted by Gasteiger charge is -2.28. The third-order valence-electron chi connectivity index (χ3n) is 10.6. The first-order valence-electron chi connectivity index (χ1n) is 21.4. The minimum atomic E-state index is -0.415. The van der Waals surface area contributed by atoms with Gasteiger partial charge in [0, 0.05) is 38.9 Å². The Balaban J connectivity index is 1.15. The Bertz CT molecular complexity index is 3180. The third kappa shape index (κ3) is 5.10. The Morgan fingerprint density at radius 1 is 0.472 bits per heavy atom. The summed E-state index contributed by atoms with van der Waals surface area (Å²) in [6.45, 7) is 4.54. The number of hydrogen-bond donors (Lipinski definition) is 0. The topological polar surface area (TPSA) is 8.17 Å². The molecule has 9 aromatic rings. The maximum Gasteiger partial charge on any atom is 0.0645 e. The molecule has 0 spiro atoms. The second-order valence-corrected chi connectivity index (χ2v) is 14.1. The molecule has 0 fully saturated rings. The summed E-state index contributed by atoms with van der Waals surface area (Å²) in [5, 5.41) is 0.367. The van der Waals surface area contributed by atoms with Gasteiger partial charge in [-0.3, -0.25) is 0 Å². The van der Waals surface area contributed by atoms with Crippen LogP contribution in [-0.2, 0) is 5.41 Å². The highest BCUT2D eigenvalue weighted by Gasteiger charge is 2.35. The molecule has 0 unspecified atom stereocenters. The second kappa shape index (κ2) is 12.3. The predicted octanol–water partition coefficient (Wildman–Crippen LogP) is 13.9. The first kappa shape index (κ1) is 24.5. The summed E-state index contributed by atoms with van der Waals surface area (Å²) >= 11 is 0. The number of rotatable bonds is 6. The molecule has 1 aliphatic carbocycles. The molecule has 0 saturated carbocycles. The van der Waals surface area contributed by atoms with Gasteiger partial charge in [0.2, 0.25) is 0 Å². The first-order valence-corrected chi connectivity index (χ1v) is 17.9. The third-order valence-corrected chi connectivity index (χ3v) is 10.6. The van der Waals surface area contributed by atoms with Crippen molar-refractivity contribution in [2.75, 3.05) is 4.90 Å². The van der Waals surface area contributed by atoms with Crippen LogP contribution in [0.3, 0.4) is 0 Å². The van der Waals surface area contributed by atoms with Crippen LogP contribution in [-0.4, -0.2) is 4.57 Å². The molecular formula is C51H38N2. The number of para-hydroxylation sites is 2. The van der Waals surface area contributed by atoms with Crippen LogP contribution in [0.15, 0.2) is 194 Å². The minimum Gasteiger partial charge on any atom is -0.310 e. The average Bonchev–Trinajstić information content (AvgIpc) is 3.76. The van der Waals surface area contributed by atoms with Crippen LogP contribution < -0.4 is 4.90 Å². The largest absolute Gasteiger partial charge is 0.310 e. The van der Waals surface area contributed by atoms with Gasteiger partial charge in [-0.15, -0.1) is 0 Å². The van der Waals surface area contributed by atoms with Gasteiger partial charge in [-0.2, -0.15) is 0 Å². The van der Waals surface area contributed by atoms with E-state index < -0.39 is 12.1 Å². The van der Waals surface area contributed by atoms with Crippen molar-refractivity contribution in [3.8, 4) is 39.1 Å². The number of hydrogen-bond acceptors (Lipinski definition) is 1. The summed E-state index contributed by atoms with van der Waals surface area (Å²) in [6, 6.07) is 49.0. The summed E-state index contributed by atoms with van der Waals surface area (Å²) < 4.78 is 64.9. The van der Waals surface area contributed by atoms with E-state index in [1.807, 2.05) is 60.7 Å². The van der Waals surface area contributed by atoms with E-state index in [2.05, 4.69) is 97.6 Å². The maximum absolute atomic E-state index is 9.65. The molecule has 1 heterocycles. The number of nitrogens with zero attached hydrogens (tertiary/aromatic N) is 2. The second-order valence-electron chi connectivity index (χ2n) is 14.1. The lowest BCUT2D eigenvalue weighted by molar-refractivity contribution is 0.660. The van der Waals surface area contributed by atoms with Gasteiger partial charge in [0.05, 0.1) is 20.6 Å². The van der Waals surface area contributed by atoms with Crippen LogP contribution in [0, 0.1) is 0 Å². The zero-order chi connectivity index (χ0) is 41.6. The smallest absolute Gasteiger partial charge is 0.0645 e. The van der Waals surface area contributed by atoms with Crippen molar-refractivity contribution in [3.05, 3.63) is 205 Å². The zero-order valence-electron chi connectivity index (χ0n) is 36.3. The Morgan fingerprint density at radius 2 is 1.04 bits per heavy atom. The van der Waals surface area contributed by atoms with Crippen LogP contribution in [0.4, 0.5) is 17.1 Å². The molecule has 0 N–H and O–H groups in total.